The van der Waals surface area contributed by atoms with Crippen LogP contribution in [0.3, 0.4) is 0 Å². The van der Waals surface area contributed by atoms with E-state index in [9.17, 15) is 65.4 Å². The lowest BCUT2D eigenvalue weighted by molar-refractivity contribution is -0.307. The Bertz CT molecular complexity index is 1820. The highest BCUT2D eigenvalue weighted by Gasteiger charge is 2.51. The van der Waals surface area contributed by atoms with Gasteiger partial charge in [0.1, 0.15) is 12.2 Å². The number of cyclic esters (lactones) is 1. The number of esters is 1. The Kier molecular flexibility index (Phi) is 26.0. The topological polar surface area (TPSA) is 354 Å². The zero-order valence-corrected chi connectivity index (χ0v) is 40.5. The van der Waals surface area contributed by atoms with Crippen molar-refractivity contribution >= 4 is 17.8 Å². The summed E-state index contributed by atoms with van der Waals surface area (Å²) in [5.74, 6) is -6.66. The number of hydrogen-bond acceptors (Lipinski definition) is 18. The number of amides is 2. The summed E-state index contributed by atoms with van der Waals surface area (Å²) >= 11 is 0. The van der Waals surface area contributed by atoms with Crippen molar-refractivity contribution in [3.05, 3.63) is 85.1 Å². The summed E-state index contributed by atoms with van der Waals surface area (Å²) in [6, 6.07) is -1.16. The third-order valence-electron chi connectivity index (χ3n) is 12.7. The van der Waals surface area contributed by atoms with Gasteiger partial charge in [0, 0.05) is 50.5 Å². The molecule has 0 spiro atoms. The number of hydrogen-bond donors (Lipinski definition) is 13. The van der Waals surface area contributed by atoms with Crippen LogP contribution < -0.4 is 16.8 Å². The number of nitrogens with two attached hydrogens (primary N) is 2. The standard InChI is InChI=1S/C50H79N3O17/c1-29-17-15-13-11-9-7-5-6-8-10-12-14-16-18-36(69-49-47(64)44(52)46(63)32(4)68-49)26-40-43(48(65)53-22-21-41(51)60)39(59)28-50(66,70-40)27-35(56)24-38(58)37(57)20-19-33(54)23-34(55)25-42(61)67-31(3)30(2)45(29)62/h5-18,29-40,43-47,49,54-59,62-64,66H,19-28,52H2,1-4H3,(H2,51,60)(H,53,65)/b6-5+,9-7+,10-8+,13-11+,14-12+,17-15+,18-16+/t29-,30-,31-,32+,33+,34+,35-,36-,37+,38+,39-,40-,43+,44-,45+,46+,47+,49-,50+/m0/s1. The minimum Gasteiger partial charge on any atom is -0.462 e. The van der Waals surface area contributed by atoms with E-state index in [0.717, 1.165) is 0 Å². The normalized spacial score (nSPS) is 43.0. The predicted molar refractivity (Wildman–Crippen MR) is 256 cm³/mol. The van der Waals surface area contributed by atoms with Crippen LogP contribution in [0.25, 0.3) is 0 Å². The van der Waals surface area contributed by atoms with Crippen molar-refractivity contribution in [3.8, 4) is 0 Å². The number of aliphatic hydroxyl groups is 10. The van der Waals surface area contributed by atoms with Crippen molar-refractivity contribution < 1.29 is 84.4 Å². The monoisotopic (exact) mass is 994 g/mol. The largest absolute Gasteiger partial charge is 0.462 e. The second kappa shape index (κ2) is 30.2. The number of rotatable bonds is 6. The number of ether oxygens (including phenoxy) is 4. The van der Waals surface area contributed by atoms with Gasteiger partial charge in [0.25, 0.3) is 0 Å². The van der Waals surface area contributed by atoms with Gasteiger partial charge in [0.05, 0.1) is 85.5 Å². The summed E-state index contributed by atoms with van der Waals surface area (Å²) < 4.78 is 23.6. The molecule has 3 aliphatic rings. The van der Waals surface area contributed by atoms with Crippen molar-refractivity contribution in [3.63, 3.8) is 0 Å². The highest BCUT2D eigenvalue weighted by molar-refractivity contribution is 5.81. The van der Waals surface area contributed by atoms with Crippen LogP contribution >= 0.6 is 0 Å². The predicted octanol–water partition coefficient (Wildman–Crippen LogP) is -0.381. The van der Waals surface area contributed by atoms with Crippen LogP contribution in [-0.2, 0) is 33.3 Å². The quantitative estimate of drug-likeness (QED) is 0.151. The van der Waals surface area contributed by atoms with E-state index in [1.54, 1.807) is 80.7 Å². The molecule has 0 aromatic carbocycles. The van der Waals surface area contributed by atoms with Crippen molar-refractivity contribution in [1.82, 2.24) is 5.32 Å². The lowest BCUT2D eigenvalue weighted by atomic mass is 9.82. The lowest BCUT2D eigenvalue weighted by Crippen LogP contribution is -2.62. The van der Waals surface area contributed by atoms with Crippen molar-refractivity contribution in [2.75, 3.05) is 6.54 Å². The van der Waals surface area contributed by atoms with Gasteiger partial charge in [-0.15, -0.1) is 0 Å². The van der Waals surface area contributed by atoms with Gasteiger partial charge in [-0.1, -0.05) is 98.9 Å². The summed E-state index contributed by atoms with van der Waals surface area (Å²) in [7, 11) is 0. The molecular formula is C50H79N3O17. The maximum absolute atomic E-state index is 13.6. The summed E-state index contributed by atoms with van der Waals surface area (Å²) in [5.41, 5.74) is 11.3. The van der Waals surface area contributed by atoms with E-state index in [1.807, 2.05) is 25.2 Å². The lowest BCUT2D eigenvalue weighted by Gasteiger charge is -2.46. The fourth-order valence-corrected chi connectivity index (χ4v) is 8.42. The number of primary amides is 1. The Morgan fingerprint density at radius 3 is 1.89 bits per heavy atom. The van der Waals surface area contributed by atoms with Gasteiger partial charge in [-0.25, -0.2) is 0 Å². The van der Waals surface area contributed by atoms with E-state index in [1.165, 1.54) is 6.92 Å². The summed E-state index contributed by atoms with van der Waals surface area (Å²) in [5, 5.41) is 112. The molecule has 396 valence electrons. The van der Waals surface area contributed by atoms with Crippen molar-refractivity contribution in [2.45, 2.75) is 183 Å². The summed E-state index contributed by atoms with van der Waals surface area (Å²) in [6.45, 7) is 6.57. The molecule has 2 amide bonds. The van der Waals surface area contributed by atoms with Gasteiger partial charge < -0.3 is 86.8 Å². The smallest absolute Gasteiger partial charge is 0.308 e. The number of nitrogens with one attached hydrogen (secondary N) is 1. The molecule has 70 heavy (non-hydrogen) atoms. The highest BCUT2D eigenvalue weighted by Crippen LogP contribution is 2.38. The first-order valence-corrected chi connectivity index (χ1v) is 24.0. The number of carbonyl (C=O) groups excluding carboxylic acids is 3. The Hall–Kier alpha value is -3.97. The van der Waals surface area contributed by atoms with Gasteiger partial charge in [-0.05, 0) is 33.1 Å². The van der Waals surface area contributed by atoms with Crippen LogP contribution in [0, 0.1) is 17.8 Å². The maximum Gasteiger partial charge on any atom is 0.308 e. The first kappa shape index (κ1) is 60.3. The van der Waals surface area contributed by atoms with Gasteiger partial charge in [-0.2, -0.15) is 0 Å². The Labute approximate surface area is 410 Å². The zero-order chi connectivity index (χ0) is 52.1. The summed E-state index contributed by atoms with van der Waals surface area (Å²) in [4.78, 5) is 37.7. The second-order valence-corrected chi connectivity index (χ2v) is 18.7. The van der Waals surface area contributed by atoms with Crippen LogP contribution in [0.5, 0.6) is 0 Å². The molecule has 0 unspecified atom stereocenters. The van der Waals surface area contributed by atoms with E-state index in [2.05, 4.69) is 5.32 Å². The fourth-order valence-electron chi connectivity index (χ4n) is 8.42. The molecule has 15 N–H and O–H groups in total. The molecule has 20 nitrogen and oxygen atoms in total. The Morgan fingerprint density at radius 2 is 1.29 bits per heavy atom. The van der Waals surface area contributed by atoms with Crippen molar-refractivity contribution in [1.29, 1.82) is 0 Å². The molecule has 3 rings (SSSR count). The molecule has 3 heterocycles. The number of allylic oxidation sites excluding steroid dienone is 12. The molecule has 0 radical (unpaired) electrons. The van der Waals surface area contributed by atoms with Gasteiger partial charge >= 0.3 is 5.97 Å². The van der Waals surface area contributed by atoms with Crippen LogP contribution in [0.4, 0.5) is 0 Å². The van der Waals surface area contributed by atoms with Crippen LogP contribution in [0.15, 0.2) is 85.1 Å². The van der Waals surface area contributed by atoms with Gasteiger partial charge in [-0.3, -0.25) is 14.4 Å². The highest BCUT2D eigenvalue weighted by atomic mass is 16.7. The number of fused-ring (bicyclic) bond motifs is 2. The minimum absolute atomic E-state index is 0.115. The third kappa shape index (κ3) is 20.6. The van der Waals surface area contributed by atoms with E-state index in [4.69, 9.17) is 30.4 Å². The third-order valence-corrected chi connectivity index (χ3v) is 12.7. The molecule has 0 aromatic heterocycles. The minimum atomic E-state index is -2.33. The zero-order valence-electron chi connectivity index (χ0n) is 40.5. The Morgan fingerprint density at radius 1 is 0.700 bits per heavy atom. The molecular weight excluding hydrogens is 915 g/mol. The summed E-state index contributed by atoms with van der Waals surface area (Å²) in [6.07, 6.45) is 3.41. The van der Waals surface area contributed by atoms with Crippen LogP contribution in [-0.4, -0.2) is 173 Å². The average Bonchev–Trinajstić information content (AvgIpc) is 3.27. The molecule has 0 saturated carbocycles. The van der Waals surface area contributed by atoms with E-state index >= 15 is 0 Å². The van der Waals surface area contributed by atoms with E-state index in [0.29, 0.717) is 0 Å². The first-order valence-electron chi connectivity index (χ1n) is 24.0. The van der Waals surface area contributed by atoms with Crippen LogP contribution in [0.2, 0.25) is 0 Å². The molecule has 2 bridgehead atoms. The Balaban J connectivity index is 1.93. The van der Waals surface area contributed by atoms with Crippen LogP contribution in [0.1, 0.15) is 85.5 Å². The second-order valence-electron chi connectivity index (χ2n) is 18.7. The molecule has 3 aliphatic heterocycles. The molecule has 20 heteroatoms. The van der Waals surface area contributed by atoms with Crippen molar-refractivity contribution in [2.24, 2.45) is 29.2 Å². The average molecular weight is 994 g/mol. The maximum atomic E-state index is 13.6. The van der Waals surface area contributed by atoms with Gasteiger partial charge in [0.15, 0.2) is 12.1 Å². The van der Waals surface area contributed by atoms with E-state index < -0.39 is 153 Å². The van der Waals surface area contributed by atoms with Gasteiger partial charge in [0.2, 0.25) is 11.8 Å². The molecule has 0 aliphatic carbocycles. The number of aliphatic hydroxyl groups excluding tert-OH is 9. The molecule has 2 saturated heterocycles. The SMILES string of the molecule is C[C@@H]1[C@H](O)[C@@H](C)/C=C/C=C/C=C/C=C/C=C/C=C/C=C/[C@H](O[C@@H]2O[C@H](C)[C@@H](O)[C@H](N)[C@H]2O)C[C@@H]2O[C@](O)(C[C@@H](O)C[C@@H](O)[C@H](O)CC[C@@H](O)C[C@@H](O)CC(=O)O[C@H]1C)C[C@H](O)[C@H]2C(=O)NCCC(N)=O. The molecule has 2 fully saturated rings. The van der Waals surface area contributed by atoms with E-state index in [-0.39, 0.29) is 44.6 Å². The molecule has 0 aromatic rings. The first-order chi connectivity index (χ1) is 33.0. The molecule has 19 atom stereocenters. The fraction of sp³-hybridized carbons (Fsp3) is 0.660. The number of carbonyl (C=O) groups is 3.